The van der Waals surface area contributed by atoms with E-state index < -0.39 is 0 Å². The summed E-state index contributed by atoms with van der Waals surface area (Å²) in [6, 6.07) is 15.5. The van der Waals surface area contributed by atoms with E-state index >= 15 is 0 Å². The van der Waals surface area contributed by atoms with Crippen molar-refractivity contribution in [2.45, 2.75) is 31.6 Å². The molecule has 2 aliphatic heterocycles. The minimum Gasteiger partial charge on any atom is -0.454 e. The molecule has 0 N–H and O–H groups in total. The zero-order chi connectivity index (χ0) is 20.5. The maximum Gasteiger partial charge on any atom is 0.231 e. The van der Waals surface area contributed by atoms with Crippen molar-refractivity contribution in [1.82, 2.24) is 15.0 Å². The second-order valence-electron chi connectivity index (χ2n) is 7.76. The molecule has 7 nitrogen and oxygen atoms in total. The third kappa shape index (κ3) is 3.51. The Labute approximate surface area is 174 Å². The molecule has 0 saturated carbocycles. The van der Waals surface area contributed by atoms with Gasteiger partial charge in [-0.3, -0.25) is 4.79 Å². The lowest BCUT2D eigenvalue weighted by Crippen LogP contribution is -2.40. The lowest BCUT2D eigenvalue weighted by atomic mass is 9.94. The molecule has 0 radical (unpaired) electrons. The summed E-state index contributed by atoms with van der Waals surface area (Å²) in [4.78, 5) is 19.4. The van der Waals surface area contributed by atoms with Crippen LogP contribution in [0.25, 0.3) is 11.4 Å². The van der Waals surface area contributed by atoms with Crippen LogP contribution in [-0.4, -0.2) is 40.8 Å². The van der Waals surface area contributed by atoms with Gasteiger partial charge in [0.1, 0.15) is 0 Å². The number of rotatable bonds is 4. The molecule has 3 aromatic rings. The van der Waals surface area contributed by atoms with Crippen LogP contribution >= 0.6 is 0 Å². The predicted molar refractivity (Wildman–Crippen MR) is 109 cm³/mol. The number of carbonyl (C=O) groups is 1. The smallest absolute Gasteiger partial charge is 0.231 e. The first-order valence-corrected chi connectivity index (χ1v) is 10.3. The fourth-order valence-electron chi connectivity index (χ4n) is 4.06. The van der Waals surface area contributed by atoms with Crippen molar-refractivity contribution in [1.29, 1.82) is 0 Å². The minimum atomic E-state index is -0.135. The molecule has 0 spiro atoms. The first kappa shape index (κ1) is 18.7. The van der Waals surface area contributed by atoms with Crippen LogP contribution < -0.4 is 9.47 Å². The average molecular weight is 405 g/mol. The van der Waals surface area contributed by atoms with Crippen molar-refractivity contribution in [2.75, 3.05) is 19.9 Å². The van der Waals surface area contributed by atoms with E-state index in [1.54, 1.807) is 0 Å². The Hall–Kier alpha value is -3.35. The Morgan fingerprint density at radius 2 is 1.83 bits per heavy atom. The van der Waals surface area contributed by atoms with Gasteiger partial charge in [-0.05, 0) is 43.5 Å². The van der Waals surface area contributed by atoms with E-state index in [0.717, 1.165) is 29.7 Å². The first-order chi connectivity index (χ1) is 14.7. The number of hydrogen-bond donors (Lipinski definition) is 0. The molecule has 1 aromatic heterocycles. The highest BCUT2D eigenvalue weighted by Crippen LogP contribution is 2.36. The lowest BCUT2D eigenvalue weighted by Gasteiger charge is -2.32. The van der Waals surface area contributed by atoms with Crippen LogP contribution in [0.15, 0.2) is 53.1 Å². The molecular formula is C23H23N3O4. The Balaban J connectivity index is 1.23. The van der Waals surface area contributed by atoms with Crippen LogP contribution in [0.4, 0.5) is 0 Å². The van der Waals surface area contributed by atoms with Crippen LogP contribution in [-0.2, 0) is 4.79 Å². The minimum absolute atomic E-state index is 0.135. The number of nitrogens with zero attached hydrogens (tertiary/aromatic N) is 3. The molecule has 3 heterocycles. The Morgan fingerprint density at radius 1 is 1.07 bits per heavy atom. The molecule has 0 unspecified atom stereocenters. The third-order valence-corrected chi connectivity index (χ3v) is 5.90. The molecule has 7 heteroatoms. The summed E-state index contributed by atoms with van der Waals surface area (Å²) in [5, 5.41) is 4.15. The van der Waals surface area contributed by atoms with Crippen LogP contribution in [0.3, 0.4) is 0 Å². The standard InChI is InChI=1S/C23H23N3O4/c1-15(16-5-3-2-4-6-16)23(27)26-11-9-17(10-12-26)22-24-21(25-30-22)18-7-8-19-20(13-18)29-14-28-19/h2-8,13,15,17H,9-12,14H2,1H3/t15-/m0/s1. The van der Waals surface area contributed by atoms with Crippen LogP contribution in [0, 0.1) is 0 Å². The van der Waals surface area contributed by atoms with E-state index in [1.807, 2.05) is 60.4 Å². The average Bonchev–Trinajstić information content (AvgIpc) is 3.48. The fourth-order valence-corrected chi connectivity index (χ4v) is 4.06. The molecule has 0 aliphatic carbocycles. The maximum atomic E-state index is 12.9. The quantitative estimate of drug-likeness (QED) is 0.654. The Bertz CT molecular complexity index is 1040. The van der Waals surface area contributed by atoms with E-state index in [9.17, 15) is 4.79 Å². The van der Waals surface area contributed by atoms with Gasteiger partial charge >= 0.3 is 0 Å². The second-order valence-corrected chi connectivity index (χ2v) is 7.76. The first-order valence-electron chi connectivity index (χ1n) is 10.3. The molecule has 1 atom stereocenters. The number of aromatic nitrogens is 2. The number of benzene rings is 2. The number of likely N-dealkylation sites (tertiary alicyclic amines) is 1. The highest BCUT2D eigenvalue weighted by molar-refractivity contribution is 5.83. The zero-order valence-corrected chi connectivity index (χ0v) is 16.8. The summed E-state index contributed by atoms with van der Waals surface area (Å²) in [5.41, 5.74) is 1.88. The van der Waals surface area contributed by atoms with Crippen LogP contribution in [0.5, 0.6) is 11.5 Å². The molecule has 2 aliphatic rings. The molecular weight excluding hydrogens is 382 g/mol. The summed E-state index contributed by atoms with van der Waals surface area (Å²) in [6.07, 6.45) is 1.63. The Kier molecular flexibility index (Phi) is 4.86. The van der Waals surface area contributed by atoms with Gasteiger partial charge in [0.2, 0.25) is 24.4 Å². The number of piperidine rings is 1. The van der Waals surface area contributed by atoms with Crippen molar-refractivity contribution < 1.29 is 18.8 Å². The van der Waals surface area contributed by atoms with Crippen LogP contribution in [0.1, 0.15) is 43.1 Å². The molecule has 30 heavy (non-hydrogen) atoms. The third-order valence-electron chi connectivity index (χ3n) is 5.90. The van der Waals surface area contributed by atoms with Gasteiger partial charge in [-0.2, -0.15) is 4.98 Å². The lowest BCUT2D eigenvalue weighted by molar-refractivity contribution is -0.133. The second kappa shape index (κ2) is 7.82. The van der Waals surface area contributed by atoms with Gasteiger partial charge in [0.25, 0.3) is 0 Å². The monoisotopic (exact) mass is 405 g/mol. The van der Waals surface area contributed by atoms with E-state index in [-0.39, 0.29) is 24.5 Å². The van der Waals surface area contributed by atoms with E-state index in [4.69, 9.17) is 14.0 Å². The van der Waals surface area contributed by atoms with Crippen molar-refractivity contribution >= 4 is 5.91 Å². The van der Waals surface area contributed by atoms with Gasteiger partial charge in [-0.25, -0.2) is 0 Å². The molecule has 1 fully saturated rings. The normalized spacial score (nSPS) is 17.2. The fraction of sp³-hybridized carbons (Fsp3) is 0.348. The number of carbonyl (C=O) groups excluding carboxylic acids is 1. The van der Waals surface area contributed by atoms with E-state index in [2.05, 4.69) is 10.1 Å². The van der Waals surface area contributed by atoms with Crippen molar-refractivity contribution in [3.05, 3.63) is 60.0 Å². The maximum absolute atomic E-state index is 12.9. The van der Waals surface area contributed by atoms with E-state index in [1.165, 1.54) is 0 Å². The highest BCUT2D eigenvalue weighted by atomic mass is 16.7. The SMILES string of the molecule is C[C@H](C(=O)N1CCC(c2nc(-c3ccc4c(c3)OCO4)no2)CC1)c1ccccc1. The zero-order valence-electron chi connectivity index (χ0n) is 16.8. The number of amides is 1. The molecule has 0 bridgehead atoms. The van der Waals surface area contributed by atoms with Gasteiger partial charge in [0.05, 0.1) is 5.92 Å². The molecule has 5 rings (SSSR count). The van der Waals surface area contributed by atoms with Gasteiger partial charge in [0, 0.05) is 24.6 Å². The summed E-state index contributed by atoms with van der Waals surface area (Å²) < 4.78 is 16.3. The molecule has 1 amide bonds. The van der Waals surface area contributed by atoms with Gasteiger partial charge in [0.15, 0.2) is 11.5 Å². The summed E-state index contributed by atoms with van der Waals surface area (Å²) >= 11 is 0. The predicted octanol–water partition coefficient (Wildman–Crippen LogP) is 3.98. The molecule has 154 valence electrons. The van der Waals surface area contributed by atoms with Crippen LogP contribution in [0.2, 0.25) is 0 Å². The number of ether oxygens (including phenoxy) is 2. The van der Waals surface area contributed by atoms with Gasteiger partial charge in [-0.15, -0.1) is 0 Å². The van der Waals surface area contributed by atoms with Crippen molar-refractivity contribution in [3.8, 4) is 22.9 Å². The van der Waals surface area contributed by atoms with Gasteiger partial charge < -0.3 is 18.9 Å². The topological polar surface area (TPSA) is 77.7 Å². The number of fused-ring (bicyclic) bond motifs is 1. The molecule has 1 saturated heterocycles. The van der Waals surface area contributed by atoms with Crippen molar-refractivity contribution in [2.24, 2.45) is 0 Å². The van der Waals surface area contributed by atoms with Gasteiger partial charge in [-0.1, -0.05) is 35.5 Å². The molecule has 2 aromatic carbocycles. The summed E-state index contributed by atoms with van der Waals surface area (Å²) in [7, 11) is 0. The number of hydrogen-bond acceptors (Lipinski definition) is 6. The largest absolute Gasteiger partial charge is 0.454 e. The summed E-state index contributed by atoms with van der Waals surface area (Å²) in [6.45, 7) is 3.60. The summed E-state index contributed by atoms with van der Waals surface area (Å²) in [5.74, 6) is 2.79. The highest BCUT2D eigenvalue weighted by Gasteiger charge is 2.30. The van der Waals surface area contributed by atoms with Crippen molar-refractivity contribution in [3.63, 3.8) is 0 Å². The van der Waals surface area contributed by atoms with E-state index in [0.29, 0.717) is 30.6 Å². The Morgan fingerprint density at radius 3 is 2.63 bits per heavy atom.